The fourth-order valence-electron chi connectivity index (χ4n) is 7.40. The molecule has 12 nitrogen and oxygen atoms in total. The van der Waals surface area contributed by atoms with Gasteiger partial charge < -0.3 is 45.3 Å². The number of rotatable bonds is 17. The molecule has 3 aliphatic rings. The maximum absolute atomic E-state index is 12.3. The van der Waals surface area contributed by atoms with Crippen molar-refractivity contribution in [3.63, 3.8) is 0 Å². The van der Waals surface area contributed by atoms with Crippen molar-refractivity contribution < 1.29 is 45.0 Å². The lowest BCUT2D eigenvalue weighted by Crippen LogP contribution is -2.65. The van der Waals surface area contributed by atoms with Crippen LogP contribution in [-0.4, -0.2) is 142 Å². The fourth-order valence-corrected chi connectivity index (χ4v) is 7.40. The second-order valence-electron chi connectivity index (χ2n) is 11.1. The number of hydrogen-bond donors (Lipinski definition) is 6. The molecule has 3 fully saturated rings. The average molecular weight is 516 g/mol. The van der Waals surface area contributed by atoms with Crippen LogP contribution in [0.1, 0.15) is 25.7 Å². The molecule has 0 saturated carbocycles. The summed E-state index contributed by atoms with van der Waals surface area (Å²) in [7, 11) is 5.46. The number of carboxylic acid groups (broad SMARTS) is 3. The molecule has 9 atom stereocenters. The number of aliphatic hydroxyl groups excluding tert-OH is 3. The summed E-state index contributed by atoms with van der Waals surface area (Å²) in [5, 5.41) is 62.2. The third kappa shape index (κ3) is 5.25. The second kappa shape index (κ2) is 10.9. The first-order valence-electron chi connectivity index (χ1n) is 12.5. The summed E-state index contributed by atoms with van der Waals surface area (Å²) in [6.07, 6.45) is -1.24. The standard InChI is InChI=1S/C24H41N3O9/c1-25-9-17(25)14(6-20(31)32)24(23(12-29,13-30)4-5-28,15(7-21(33)34)18-10-26(18)2)16(8-22(35)36)19-11-27(19)3/h14-19,28-30H,4-13H2,1-3H3,(H,31,32)(H,33,34)(H,35,36). The van der Waals surface area contributed by atoms with E-state index < -0.39 is 66.3 Å². The highest BCUT2D eigenvalue weighted by molar-refractivity contribution is 5.70. The van der Waals surface area contributed by atoms with Crippen LogP contribution in [0.4, 0.5) is 0 Å². The van der Waals surface area contributed by atoms with Gasteiger partial charge in [-0.25, -0.2) is 0 Å². The molecule has 0 aromatic heterocycles. The van der Waals surface area contributed by atoms with Gasteiger partial charge in [0.1, 0.15) is 0 Å². The van der Waals surface area contributed by atoms with Gasteiger partial charge in [-0.15, -0.1) is 0 Å². The molecule has 0 aromatic carbocycles. The summed E-state index contributed by atoms with van der Waals surface area (Å²) in [6, 6.07) is -0.881. The van der Waals surface area contributed by atoms with Crippen LogP contribution in [0.3, 0.4) is 0 Å². The lowest BCUT2D eigenvalue weighted by molar-refractivity contribution is -0.192. The van der Waals surface area contributed by atoms with Gasteiger partial charge in [-0.2, -0.15) is 0 Å². The van der Waals surface area contributed by atoms with Crippen LogP contribution >= 0.6 is 0 Å². The highest BCUT2D eigenvalue weighted by Crippen LogP contribution is 2.66. The van der Waals surface area contributed by atoms with Gasteiger partial charge in [0.25, 0.3) is 0 Å². The molecular weight excluding hydrogens is 474 g/mol. The summed E-state index contributed by atoms with van der Waals surface area (Å²) < 4.78 is 0. The average Bonchev–Trinajstić information content (AvgIpc) is 3.72. The molecule has 3 heterocycles. The smallest absolute Gasteiger partial charge is 0.303 e. The second-order valence-corrected chi connectivity index (χ2v) is 11.1. The van der Waals surface area contributed by atoms with E-state index in [2.05, 4.69) is 0 Å². The molecule has 0 aromatic rings. The molecule has 0 radical (unpaired) electrons. The van der Waals surface area contributed by atoms with E-state index in [1.54, 1.807) is 0 Å². The Hall–Kier alpha value is -1.83. The Morgan fingerprint density at radius 3 is 1.14 bits per heavy atom. The van der Waals surface area contributed by atoms with Gasteiger partial charge in [0, 0.05) is 49.8 Å². The van der Waals surface area contributed by atoms with Crippen LogP contribution in [0, 0.1) is 28.6 Å². The molecule has 0 bridgehead atoms. The molecule has 206 valence electrons. The maximum atomic E-state index is 12.3. The van der Waals surface area contributed by atoms with Gasteiger partial charge in [0.05, 0.1) is 32.5 Å². The summed E-state index contributed by atoms with van der Waals surface area (Å²) in [5.41, 5.74) is -2.94. The summed E-state index contributed by atoms with van der Waals surface area (Å²) in [5.74, 6) is -5.63. The van der Waals surface area contributed by atoms with Gasteiger partial charge in [-0.1, -0.05) is 0 Å². The van der Waals surface area contributed by atoms with Crippen LogP contribution in [0.15, 0.2) is 0 Å². The molecule has 36 heavy (non-hydrogen) atoms. The monoisotopic (exact) mass is 515 g/mol. The van der Waals surface area contributed by atoms with Crippen molar-refractivity contribution in [2.75, 3.05) is 60.6 Å². The zero-order valence-corrected chi connectivity index (χ0v) is 21.3. The molecule has 0 spiro atoms. The maximum Gasteiger partial charge on any atom is 0.303 e. The lowest BCUT2D eigenvalue weighted by atomic mass is 9.43. The van der Waals surface area contributed by atoms with E-state index in [4.69, 9.17) is 0 Å². The zero-order chi connectivity index (χ0) is 27.0. The minimum Gasteiger partial charge on any atom is -0.481 e. The Morgan fingerprint density at radius 2 is 0.972 bits per heavy atom. The lowest BCUT2D eigenvalue weighted by Gasteiger charge is -2.61. The van der Waals surface area contributed by atoms with Crippen molar-refractivity contribution in [3.8, 4) is 0 Å². The van der Waals surface area contributed by atoms with Crippen molar-refractivity contribution in [1.82, 2.24) is 14.7 Å². The van der Waals surface area contributed by atoms with Gasteiger partial charge in [0.15, 0.2) is 0 Å². The van der Waals surface area contributed by atoms with Crippen LogP contribution in [0.5, 0.6) is 0 Å². The van der Waals surface area contributed by atoms with E-state index in [0.717, 1.165) is 0 Å². The van der Waals surface area contributed by atoms with E-state index in [0.29, 0.717) is 19.6 Å². The molecule has 3 rings (SSSR count). The molecule has 9 unspecified atom stereocenters. The third-order valence-corrected chi connectivity index (χ3v) is 9.25. The van der Waals surface area contributed by atoms with E-state index in [1.165, 1.54) is 0 Å². The van der Waals surface area contributed by atoms with Crippen LogP contribution in [0.2, 0.25) is 0 Å². The van der Waals surface area contributed by atoms with Crippen molar-refractivity contribution >= 4 is 17.9 Å². The molecule has 0 aliphatic carbocycles. The van der Waals surface area contributed by atoms with Crippen LogP contribution < -0.4 is 0 Å². The minimum absolute atomic E-state index is 0.119. The van der Waals surface area contributed by atoms with E-state index >= 15 is 0 Å². The fraction of sp³-hybridized carbons (Fsp3) is 0.875. The van der Waals surface area contributed by atoms with E-state index in [1.807, 2.05) is 35.8 Å². The number of hydrogen-bond acceptors (Lipinski definition) is 9. The Bertz CT molecular complexity index is 747. The molecule has 12 heteroatoms. The highest BCUT2D eigenvalue weighted by atomic mass is 16.4. The van der Waals surface area contributed by atoms with E-state index in [-0.39, 0.29) is 43.8 Å². The number of aliphatic carboxylic acids is 3. The molecule has 3 saturated heterocycles. The van der Waals surface area contributed by atoms with Gasteiger partial charge in [0.2, 0.25) is 0 Å². The first kappa shape index (κ1) is 28.7. The first-order valence-corrected chi connectivity index (χ1v) is 12.5. The Morgan fingerprint density at radius 1 is 0.694 bits per heavy atom. The molecule has 0 amide bonds. The topological polar surface area (TPSA) is 182 Å². The number of likely N-dealkylation sites (N-methyl/N-ethyl adjacent to an activating group) is 3. The Kier molecular flexibility index (Phi) is 8.69. The zero-order valence-electron chi connectivity index (χ0n) is 21.3. The summed E-state index contributed by atoms with van der Waals surface area (Å²) in [4.78, 5) is 42.7. The number of aliphatic hydroxyl groups is 3. The van der Waals surface area contributed by atoms with Crippen molar-refractivity contribution in [2.45, 2.75) is 43.8 Å². The normalized spacial score (nSPS) is 33.2. The van der Waals surface area contributed by atoms with Gasteiger partial charge in [-0.3, -0.25) is 14.4 Å². The summed E-state index contributed by atoms with van der Waals surface area (Å²) >= 11 is 0. The van der Waals surface area contributed by atoms with Crippen molar-refractivity contribution in [2.24, 2.45) is 28.6 Å². The van der Waals surface area contributed by atoms with Crippen LogP contribution in [0.25, 0.3) is 0 Å². The van der Waals surface area contributed by atoms with Gasteiger partial charge in [-0.05, 0) is 50.7 Å². The Balaban J connectivity index is 2.41. The SMILES string of the molecule is CN1CC1C(CC(=O)O)C(C(CC(=O)O)C1CN1C)(C(CC(=O)O)C1CN1C)C(CO)(CO)CCO. The third-order valence-electron chi connectivity index (χ3n) is 9.25. The highest BCUT2D eigenvalue weighted by Gasteiger charge is 2.71. The number of nitrogens with zero attached hydrogens (tertiary/aromatic N) is 3. The quantitative estimate of drug-likeness (QED) is 0.124. The molecular formula is C24H41N3O9. The van der Waals surface area contributed by atoms with Gasteiger partial charge >= 0.3 is 17.9 Å². The predicted octanol–water partition coefficient (Wildman–Crippen LogP) is -1.46. The first-order chi connectivity index (χ1) is 16.9. The molecule has 6 N–H and O–H groups in total. The molecule has 3 aliphatic heterocycles. The van der Waals surface area contributed by atoms with Crippen LogP contribution in [-0.2, 0) is 14.4 Å². The summed E-state index contributed by atoms with van der Waals surface area (Å²) in [6.45, 7) is -0.125. The van der Waals surface area contributed by atoms with E-state index in [9.17, 15) is 45.0 Å². The largest absolute Gasteiger partial charge is 0.481 e. The number of carboxylic acids is 3. The predicted molar refractivity (Wildman–Crippen MR) is 127 cm³/mol. The van der Waals surface area contributed by atoms with Crippen molar-refractivity contribution in [1.29, 1.82) is 0 Å². The van der Waals surface area contributed by atoms with Crippen molar-refractivity contribution in [3.05, 3.63) is 0 Å². The Labute approximate surface area is 211 Å². The number of carbonyl (C=O) groups is 3. The minimum atomic E-state index is -1.52.